The van der Waals surface area contributed by atoms with Crippen molar-refractivity contribution >= 4 is 51.6 Å². The zero-order valence-corrected chi connectivity index (χ0v) is 18.4. The number of nitriles is 1. The third kappa shape index (κ3) is 5.96. The lowest BCUT2D eigenvalue weighted by molar-refractivity contribution is -0.131. The number of amides is 2. The Hall–Kier alpha value is -3.09. The molecule has 0 bridgehead atoms. The molecule has 1 aliphatic carbocycles. The zero-order valence-electron chi connectivity index (χ0n) is 16.8. The molecular formula is C22H21N3O4S2. The Labute approximate surface area is 188 Å². The highest BCUT2D eigenvalue weighted by atomic mass is 32.2. The van der Waals surface area contributed by atoms with E-state index in [4.69, 9.17) is 5.11 Å². The second-order valence-electron chi connectivity index (χ2n) is 6.96. The van der Waals surface area contributed by atoms with Crippen LogP contribution in [0.1, 0.15) is 35.8 Å². The summed E-state index contributed by atoms with van der Waals surface area (Å²) in [6.07, 6.45) is 5.71. The number of nitrogens with zero attached hydrogens (tertiary/aromatic N) is 1. The number of benzene rings is 1. The third-order valence-electron chi connectivity index (χ3n) is 4.68. The van der Waals surface area contributed by atoms with Crippen LogP contribution < -0.4 is 10.6 Å². The van der Waals surface area contributed by atoms with Crippen LogP contribution in [0.2, 0.25) is 0 Å². The van der Waals surface area contributed by atoms with E-state index in [1.807, 2.05) is 6.07 Å². The number of aliphatic carboxylic acids is 1. The molecule has 1 aliphatic rings. The molecule has 2 aromatic rings. The Morgan fingerprint density at radius 2 is 2.00 bits per heavy atom. The van der Waals surface area contributed by atoms with E-state index >= 15 is 0 Å². The summed E-state index contributed by atoms with van der Waals surface area (Å²) in [5.41, 5.74) is 2.16. The van der Waals surface area contributed by atoms with Gasteiger partial charge in [0.15, 0.2) is 0 Å². The van der Waals surface area contributed by atoms with E-state index in [1.165, 1.54) is 28.0 Å². The number of hydrogen-bond acceptors (Lipinski definition) is 6. The highest BCUT2D eigenvalue weighted by molar-refractivity contribution is 8.00. The molecule has 0 fully saturated rings. The van der Waals surface area contributed by atoms with Gasteiger partial charge < -0.3 is 15.7 Å². The molecule has 31 heavy (non-hydrogen) atoms. The Morgan fingerprint density at radius 1 is 1.23 bits per heavy atom. The average molecular weight is 456 g/mol. The number of hydrogen-bond donors (Lipinski definition) is 3. The van der Waals surface area contributed by atoms with Crippen molar-refractivity contribution in [1.29, 1.82) is 5.26 Å². The van der Waals surface area contributed by atoms with Gasteiger partial charge in [-0.3, -0.25) is 9.59 Å². The van der Waals surface area contributed by atoms with Crippen LogP contribution in [-0.2, 0) is 27.2 Å². The van der Waals surface area contributed by atoms with Crippen LogP contribution in [0, 0.1) is 11.3 Å². The lowest BCUT2D eigenvalue weighted by Gasteiger charge is -2.12. The van der Waals surface area contributed by atoms with Gasteiger partial charge in [0, 0.05) is 27.6 Å². The van der Waals surface area contributed by atoms with Crippen LogP contribution in [0.4, 0.5) is 10.7 Å². The molecular weight excluding hydrogens is 434 g/mol. The van der Waals surface area contributed by atoms with E-state index in [9.17, 15) is 19.6 Å². The zero-order chi connectivity index (χ0) is 22.4. The summed E-state index contributed by atoms with van der Waals surface area (Å²) in [4.78, 5) is 37.0. The quantitative estimate of drug-likeness (QED) is 0.425. The molecule has 1 atom stereocenters. The second-order valence-corrected chi connectivity index (χ2v) is 9.48. The Balaban J connectivity index is 1.64. The molecule has 1 heterocycles. The molecule has 3 rings (SSSR count). The third-order valence-corrected chi connectivity index (χ3v) is 6.98. The van der Waals surface area contributed by atoms with Gasteiger partial charge in [0.2, 0.25) is 11.8 Å². The molecule has 2 amide bonds. The molecule has 9 heteroatoms. The van der Waals surface area contributed by atoms with Gasteiger partial charge in [0.1, 0.15) is 11.1 Å². The number of thiophene rings is 1. The van der Waals surface area contributed by atoms with Gasteiger partial charge in [-0.2, -0.15) is 5.26 Å². The van der Waals surface area contributed by atoms with Gasteiger partial charge in [-0.15, -0.1) is 23.1 Å². The largest absolute Gasteiger partial charge is 0.478 e. The Bertz CT molecular complexity index is 1080. The summed E-state index contributed by atoms with van der Waals surface area (Å²) >= 11 is 2.82. The SMILES string of the molecule is CC(Sc1cccc(NC(=O)/C=C/C(=O)O)c1)C(=O)Nc1sc2c(c1C#N)CCCC2. The van der Waals surface area contributed by atoms with E-state index in [-0.39, 0.29) is 5.91 Å². The predicted octanol–water partition coefficient (Wildman–Crippen LogP) is 4.20. The van der Waals surface area contributed by atoms with Crippen molar-refractivity contribution < 1.29 is 19.5 Å². The van der Waals surface area contributed by atoms with Crippen LogP contribution in [0.3, 0.4) is 0 Å². The number of anilines is 2. The van der Waals surface area contributed by atoms with Crippen LogP contribution in [0.15, 0.2) is 41.3 Å². The molecule has 1 unspecified atom stereocenters. The molecule has 1 aromatic heterocycles. The minimum atomic E-state index is -1.20. The number of thioether (sulfide) groups is 1. The van der Waals surface area contributed by atoms with Crippen molar-refractivity contribution in [2.45, 2.75) is 42.8 Å². The van der Waals surface area contributed by atoms with Gasteiger partial charge >= 0.3 is 5.97 Å². The van der Waals surface area contributed by atoms with Crippen molar-refractivity contribution in [2.75, 3.05) is 10.6 Å². The van der Waals surface area contributed by atoms with Gasteiger partial charge in [-0.25, -0.2) is 4.79 Å². The molecule has 0 saturated heterocycles. The predicted molar refractivity (Wildman–Crippen MR) is 121 cm³/mol. The number of rotatable bonds is 7. The van der Waals surface area contributed by atoms with Crippen LogP contribution in [-0.4, -0.2) is 28.1 Å². The fourth-order valence-corrected chi connectivity index (χ4v) is 5.39. The fraction of sp³-hybridized carbons (Fsp3) is 0.273. The van der Waals surface area contributed by atoms with E-state index in [1.54, 1.807) is 25.1 Å². The normalized spacial score (nSPS) is 13.8. The van der Waals surface area contributed by atoms with Gasteiger partial charge in [-0.1, -0.05) is 6.07 Å². The number of carbonyl (C=O) groups is 3. The minimum absolute atomic E-state index is 0.195. The summed E-state index contributed by atoms with van der Waals surface area (Å²) < 4.78 is 0. The first-order valence-corrected chi connectivity index (χ1v) is 11.4. The summed E-state index contributed by atoms with van der Waals surface area (Å²) in [5.74, 6) is -1.95. The molecule has 0 radical (unpaired) electrons. The Kier molecular flexibility index (Phi) is 7.50. The first kappa shape index (κ1) is 22.6. The van der Waals surface area contributed by atoms with E-state index < -0.39 is 17.1 Å². The van der Waals surface area contributed by atoms with E-state index in [0.29, 0.717) is 16.3 Å². The number of carboxylic acid groups (broad SMARTS) is 1. The number of nitrogens with one attached hydrogen (secondary N) is 2. The number of aryl methyl sites for hydroxylation is 1. The summed E-state index contributed by atoms with van der Waals surface area (Å²) in [5, 5.41) is 23.8. The first-order valence-electron chi connectivity index (χ1n) is 9.71. The molecule has 7 nitrogen and oxygen atoms in total. The molecule has 3 N–H and O–H groups in total. The number of carbonyl (C=O) groups excluding carboxylic acids is 2. The van der Waals surface area contributed by atoms with Crippen molar-refractivity contribution in [3.63, 3.8) is 0 Å². The minimum Gasteiger partial charge on any atom is -0.478 e. The van der Waals surface area contributed by atoms with E-state index in [2.05, 4.69) is 16.7 Å². The maximum Gasteiger partial charge on any atom is 0.328 e. The molecule has 0 aliphatic heterocycles. The summed E-state index contributed by atoms with van der Waals surface area (Å²) in [6, 6.07) is 9.20. The maximum atomic E-state index is 12.7. The second kappa shape index (κ2) is 10.3. The summed E-state index contributed by atoms with van der Waals surface area (Å²) in [7, 11) is 0. The molecule has 1 aromatic carbocycles. The van der Waals surface area contributed by atoms with Crippen molar-refractivity contribution in [2.24, 2.45) is 0 Å². The van der Waals surface area contributed by atoms with Gasteiger partial charge in [0.25, 0.3) is 0 Å². The topological polar surface area (TPSA) is 119 Å². The maximum absolute atomic E-state index is 12.7. The van der Waals surface area contributed by atoms with Crippen LogP contribution >= 0.6 is 23.1 Å². The smallest absolute Gasteiger partial charge is 0.328 e. The van der Waals surface area contributed by atoms with Crippen LogP contribution in [0.25, 0.3) is 0 Å². The molecule has 160 valence electrons. The van der Waals surface area contributed by atoms with E-state index in [0.717, 1.165) is 48.3 Å². The van der Waals surface area contributed by atoms with Crippen molar-refractivity contribution in [3.05, 3.63) is 52.4 Å². The summed E-state index contributed by atoms with van der Waals surface area (Å²) in [6.45, 7) is 1.78. The molecule has 0 saturated carbocycles. The number of fused-ring (bicyclic) bond motifs is 1. The van der Waals surface area contributed by atoms with Gasteiger partial charge in [-0.05, 0) is 56.4 Å². The Morgan fingerprint density at radius 3 is 2.74 bits per heavy atom. The molecule has 0 spiro atoms. The van der Waals surface area contributed by atoms with Gasteiger partial charge in [0.05, 0.1) is 10.8 Å². The number of carboxylic acids is 1. The van der Waals surface area contributed by atoms with Crippen molar-refractivity contribution in [1.82, 2.24) is 0 Å². The first-order chi connectivity index (χ1) is 14.9. The fourth-order valence-electron chi connectivity index (χ4n) is 3.22. The van der Waals surface area contributed by atoms with Crippen molar-refractivity contribution in [3.8, 4) is 6.07 Å². The lowest BCUT2D eigenvalue weighted by atomic mass is 9.96. The lowest BCUT2D eigenvalue weighted by Crippen LogP contribution is -2.22. The highest BCUT2D eigenvalue weighted by Gasteiger charge is 2.23. The monoisotopic (exact) mass is 455 g/mol. The van der Waals surface area contributed by atoms with Crippen LogP contribution in [0.5, 0.6) is 0 Å². The average Bonchev–Trinajstić information content (AvgIpc) is 3.09. The highest BCUT2D eigenvalue weighted by Crippen LogP contribution is 2.38. The standard InChI is InChI=1S/C22H21N3O4S2/c1-13(21(29)25-22-17(12-23)16-7-2-3-8-18(16)31-22)30-15-6-4-5-14(11-15)24-19(26)9-10-20(27)28/h4-6,9-11,13H,2-3,7-8H2,1H3,(H,24,26)(H,25,29)(H,27,28)/b10-9+.